The minimum Gasteiger partial charge on any atom is -0.494 e. The quantitative estimate of drug-likeness (QED) is 0.634. The molecular weight excluding hydrogens is 240 g/mol. The Bertz CT molecular complexity index is 550. The van der Waals surface area contributed by atoms with Crippen LogP contribution in [0, 0.1) is 6.92 Å². The van der Waals surface area contributed by atoms with Gasteiger partial charge in [-0.2, -0.15) is 5.10 Å². The molecule has 1 aromatic carbocycles. The molecule has 102 valence electrons. The van der Waals surface area contributed by atoms with Gasteiger partial charge in [-0.15, -0.1) is 0 Å². The van der Waals surface area contributed by atoms with E-state index in [0.717, 1.165) is 22.6 Å². The Labute approximate surface area is 113 Å². The lowest BCUT2D eigenvalue weighted by Crippen LogP contribution is -2.29. The van der Waals surface area contributed by atoms with Crippen LogP contribution in [0.25, 0.3) is 0 Å². The molecule has 0 radical (unpaired) electrons. The number of hydrogen-bond donors (Lipinski definition) is 2. The first-order valence-electron chi connectivity index (χ1n) is 6.35. The molecule has 5 nitrogen and oxygen atoms in total. The van der Waals surface area contributed by atoms with Crippen LogP contribution in [0.2, 0.25) is 0 Å². The zero-order valence-corrected chi connectivity index (χ0v) is 11.6. The van der Waals surface area contributed by atoms with E-state index in [4.69, 9.17) is 10.6 Å². The van der Waals surface area contributed by atoms with E-state index in [0.29, 0.717) is 6.61 Å². The highest BCUT2D eigenvalue weighted by Gasteiger charge is 2.20. The Morgan fingerprint density at radius 1 is 1.37 bits per heavy atom. The lowest BCUT2D eigenvalue weighted by Gasteiger charge is -2.19. The van der Waals surface area contributed by atoms with E-state index < -0.39 is 0 Å². The number of hydrazine groups is 1. The second-order valence-corrected chi connectivity index (χ2v) is 4.41. The van der Waals surface area contributed by atoms with Crippen LogP contribution < -0.4 is 16.0 Å². The SMILES string of the molecule is CCOc1ccccc1C(NN)c1cn(C)nc1C. The van der Waals surface area contributed by atoms with Gasteiger partial charge >= 0.3 is 0 Å². The third-order valence-corrected chi connectivity index (χ3v) is 3.06. The van der Waals surface area contributed by atoms with Crippen LogP contribution in [0.5, 0.6) is 5.75 Å². The number of nitrogens with one attached hydrogen (secondary N) is 1. The summed E-state index contributed by atoms with van der Waals surface area (Å²) in [5, 5.41) is 4.36. The summed E-state index contributed by atoms with van der Waals surface area (Å²) in [4.78, 5) is 0. The highest BCUT2D eigenvalue weighted by molar-refractivity contribution is 5.42. The van der Waals surface area contributed by atoms with Crippen LogP contribution in [-0.2, 0) is 7.05 Å². The first-order chi connectivity index (χ1) is 9.17. The van der Waals surface area contributed by atoms with Crippen molar-refractivity contribution in [3.63, 3.8) is 0 Å². The Kier molecular flexibility index (Phi) is 4.19. The topological polar surface area (TPSA) is 65.1 Å². The number of hydrogen-bond acceptors (Lipinski definition) is 4. The first kappa shape index (κ1) is 13.6. The summed E-state index contributed by atoms with van der Waals surface area (Å²) in [5.74, 6) is 6.58. The fourth-order valence-corrected chi connectivity index (χ4v) is 2.25. The predicted molar refractivity (Wildman–Crippen MR) is 74.7 cm³/mol. The van der Waals surface area contributed by atoms with Gasteiger partial charge in [0.15, 0.2) is 0 Å². The number of ether oxygens (including phenoxy) is 1. The zero-order chi connectivity index (χ0) is 13.8. The van der Waals surface area contributed by atoms with Crippen molar-refractivity contribution in [2.45, 2.75) is 19.9 Å². The lowest BCUT2D eigenvalue weighted by molar-refractivity contribution is 0.333. The fourth-order valence-electron chi connectivity index (χ4n) is 2.25. The molecule has 0 saturated carbocycles. The van der Waals surface area contributed by atoms with Crippen molar-refractivity contribution in [1.82, 2.24) is 15.2 Å². The Balaban J connectivity index is 2.45. The van der Waals surface area contributed by atoms with Crippen molar-refractivity contribution in [2.24, 2.45) is 12.9 Å². The van der Waals surface area contributed by atoms with E-state index in [1.54, 1.807) is 4.68 Å². The highest BCUT2D eigenvalue weighted by Crippen LogP contribution is 2.30. The summed E-state index contributed by atoms with van der Waals surface area (Å²) in [6, 6.07) is 7.78. The molecule has 0 saturated heterocycles. The van der Waals surface area contributed by atoms with Gasteiger partial charge in [-0.3, -0.25) is 10.5 Å². The number of nitrogens with two attached hydrogens (primary N) is 1. The van der Waals surface area contributed by atoms with Crippen LogP contribution in [0.15, 0.2) is 30.5 Å². The second-order valence-electron chi connectivity index (χ2n) is 4.41. The number of para-hydroxylation sites is 1. The van der Waals surface area contributed by atoms with Gasteiger partial charge in [0.1, 0.15) is 5.75 Å². The van der Waals surface area contributed by atoms with Gasteiger partial charge < -0.3 is 4.74 Å². The van der Waals surface area contributed by atoms with Gasteiger partial charge in [0.05, 0.1) is 18.3 Å². The van der Waals surface area contributed by atoms with Gasteiger partial charge in [0.2, 0.25) is 0 Å². The average molecular weight is 260 g/mol. The molecule has 1 aromatic heterocycles. The van der Waals surface area contributed by atoms with Gasteiger partial charge in [0, 0.05) is 24.4 Å². The number of nitrogens with zero attached hydrogens (tertiary/aromatic N) is 2. The molecule has 0 aliphatic heterocycles. The van der Waals surface area contributed by atoms with Crippen molar-refractivity contribution in [2.75, 3.05) is 6.61 Å². The molecule has 2 rings (SSSR count). The molecule has 0 spiro atoms. The molecule has 1 unspecified atom stereocenters. The summed E-state index contributed by atoms with van der Waals surface area (Å²) in [6.45, 7) is 4.57. The molecule has 1 heterocycles. The molecule has 0 aliphatic carbocycles. The first-order valence-corrected chi connectivity index (χ1v) is 6.35. The molecule has 2 aromatic rings. The monoisotopic (exact) mass is 260 g/mol. The van der Waals surface area contributed by atoms with Gasteiger partial charge in [-0.05, 0) is 19.9 Å². The van der Waals surface area contributed by atoms with Crippen LogP contribution in [0.1, 0.15) is 29.8 Å². The largest absolute Gasteiger partial charge is 0.494 e. The Morgan fingerprint density at radius 3 is 2.68 bits per heavy atom. The minimum absolute atomic E-state index is 0.128. The van der Waals surface area contributed by atoms with Crippen LogP contribution in [0.3, 0.4) is 0 Å². The van der Waals surface area contributed by atoms with Crippen LogP contribution in [-0.4, -0.2) is 16.4 Å². The van der Waals surface area contributed by atoms with Gasteiger partial charge in [0.25, 0.3) is 0 Å². The molecule has 19 heavy (non-hydrogen) atoms. The smallest absolute Gasteiger partial charge is 0.124 e. The highest BCUT2D eigenvalue weighted by atomic mass is 16.5. The number of aromatic nitrogens is 2. The minimum atomic E-state index is -0.128. The third-order valence-electron chi connectivity index (χ3n) is 3.06. The Hall–Kier alpha value is -1.85. The summed E-state index contributed by atoms with van der Waals surface area (Å²) in [7, 11) is 1.90. The van der Waals surface area contributed by atoms with Crippen molar-refractivity contribution >= 4 is 0 Å². The van der Waals surface area contributed by atoms with Gasteiger partial charge in [-0.25, -0.2) is 5.43 Å². The van der Waals surface area contributed by atoms with Crippen LogP contribution in [0.4, 0.5) is 0 Å². The van der Waals surface area contributed by atoms with Crippen molar-refractivity contribution in [3.8, 4) is 5.75 Å². The van der Waals surface area contributed by atoms with E-state index in [-0.39, 0.29) is 6.04 Å². The maximum atomic E-state index is 5.74. The molecule has 0 aliphatic rings. The van der Waals surface area contributed by atoms with E-state index >= 15 is 0 Å². The van der Waals surface area contributed by atoms with E-state index in [1.165, 1.54) is 0 Å². The Morgan fingerprint density at radius 2 is 2.11 bits per heavy atom. The van der Waals surface area contributed by atoms with E-state index in [1.807, 2.05) is 51.4 Å². The summed E-state index contributed by atoms with van der Waals surface area (Å²) in [6.07, 6.45) is 1.97. The fraction of sp³-hybridized carbons (Fsp3) is 0.357. The van der Waals surface area contributed by atoms with Crippen molar-refractivity contribution in [1.29, 1.82) is 0 Å². The van der Waals surface area contributed by atoms with Crippen molar-refractivity contribution in [3.05, 3.63) is 47.3 Å². The molecular formula is C14H20N4O. The zero-order valence-electron chi connectivity index (χ0n) is 11.6. The second kappa shape index (κ2) is 5.86. The molecule has 0 amide bonds. The lowest BCUT2D eigenvalue weighted by atomic mass is 9.99. The molecule has 5 heteroatoms. The third kappa shape index (κ3) is 2.77. The summed E-state index contributed by atoms with van der Waals surface area (Å²) < 4.78 is 7.46. The molecule has 1 atom stereocenters. The summed E-state index contributed by atoms with van der Waals surface area (Å²) >= 11 is 0. The average Bonchev–Trinajstić information content (AvgIpc) is 2.72. The molecule has 3 N–H and O–H groups in total. The molecule has 0 fully saturated rings. The summed E-state index contributed by atoms with van der Waals surface area (Å²) in [5.41, 5.74) is 5.88. The number of aryl methyl sites for hydroxylation is 2. The van der Waals surface area contributed by atoms with Crippen molar-refractivity contribution < 1.29 is 4.74 Å². The van der Waals surface area contributed by atoms with Gasteiger partial charge in [-0.1, -0.05) is 18.2 Å². The standard InChI is InChI=1S/C14H20N4O/c1-4-19-13-8-6-5-7-11(13)14(16-15)12-9-18(3)17-10(12)2/h5-9,14,16H,4,15H2,1-3H3. The molecule has 0 bridgehead atoms. The number of rotatable bonds is 5. The number of benzene rings is 1. The van der Waals surface area contributed by atoms with E-state index in [9.17, 15) is 0 Å². The normalized spacial score (nSPS) is 12.4. The maximum Gasteiger partial charge on any atom is 0.124 e. The predicted octanol–water partition coefficient (Wildman–Crippen LogP) is 1.68. The maximum absolute atomic E-state index is 5.74. The van der Waals surface area contributed by atoms with E-state index in [2.05, 4.69) is 10.5 Å². The van der Waals surface area contributed by atoms with Crippen LogP contribution >= 0.6 is 0 Å².